The van der Waals surface area contributed by atoms with Crippen LogP contribution in [0.1, 0.15) is 20.8 Å². The molecule has 0 aliphatic rings. The molecule has 0 saturated heterocycles. The van der Waals surface area contributed by atoms with E-state index in [-0.39, 0.29) is 5.78 Å². The first-order chi connectivity index (χ1) is 7.59. The molecule has 2 N–H and O–H groups in total. The van der Waals surface area contributed by atoms with Crippen molar-refractivity contribution in [1.82, 2.24) is 0 Å². The summed E-state index contributed by atoms with van der Waals surface area (Å²) in [6.07, 6.45) is 0. The summed E-state index contributed by atoms with van der Waals surface area (Å²) in [5.41, 5.74) is 7.95. The lowest BCUT2D eigenvalue weighted by atomic mass is 10.1. The molecule has 2 aromatic rings. The molecule has 0 aliphatic carbocycles. The van der Waals surface area contributed by atoms with Crippen molar-refractivity contribution in [1.29, 1.82) is 0 Å². The Kier molecular flexibility index (Phi) is 3.12. The second-order valence-electron chi connectivity index (χ2n) is 3.50. The third kappa shape index (κ3) is 2.03. The van der Waals surface area contributed by atoms with Gasteiger partial charge >= 0.3 is 0 Å². The molecule has 0 unspecified atom stereocenters. The van der Waals surface area contributed by atoms with E-state index in [0.29, 0.717) is 11.3 Å². The summed E-state index contributed by atoms with van der Waals surface area (Å²) in [7, 11) is 0. The van der Waals surface area contributed by atoms with Gasteiger partial charge in [0.1, 0.15) is 0 Å². The summed E-state index contributed by atoms with van der Waals surface area (Å²) < 4.78 is 0.741. The molecule has 1 heterocycles. The van der Waals surface area contributed by atoms with Crippen LogP contribution in [0.3, 0.4) is 0 Å². The molecular formula is C12H10BrNOS. The molecule has 4 heteroatoms. The third-order valence-electron chi connectivity index (χ3n) is 2.31. The molecule has 1 aromatic carbocycles. The predicted molar refractivity (Wildman–Crippen MR) is 71.0 cm³/mol. The van der Waals surface area contributed by atoms with Crippen molar-refractivity contribution in [3.8, 4) is 0 Å². The topological polar surface area (TPSA) is 43.1 Å². The normalized spacial score (nSPS) is 10.4. The molecule has 0 spiro atoms. The highest BCUT2D eigenvalue weighted by atomic mass is 79.9. The van der Waals surface area contributed by atoms with Gasteiger partial charge < -0.3 is 5.73 Å². The van der Waals surface area contributed by atoms with Gasteiger partial charge in [-0.2, -0.15) is 0 Å². The van der Waals surface area contributed by atoms with Crippen molar-refractivity contribution in [3.63, 3.8) is 0 Å². The zero-order valence-corrected chi connectivity index (χ0v) is 11.1. The molecule has 0 fully saturated rings. The second kappa shape index (κ2) is 4.39. The standard InChI is InChI=1S/C12H10BrNOS/c1-7-4-5-16-12(7)11(15)9-3-2-8(14)6-10(9)13/h2-6H,14H2,1H3. The zero-order chi connectivity index (χ0) is 11.7. The fraction of sp³-hybridized carbons (Fsp3) is 0.0833. The lowest BCUT2D eigenvalue weighted by Gasteiger charge is -2.04. The Hall–Kier alpha value is -1.13. The Labute approximate surface area is 106 Å². The number of nitrogen functional groups attached to an aromatic ring is 1. The molecular weight excluding hydrogens is 286 g/mol. The largest absolute Gasteiger partial charge is 0.399 e. The zero-order valence-electron chi connectivity index (χ0n) is 8.66. The van der Waals surface area contributed by atoms with Gasteiger partial charge in [-0.25, -0.2) is 0 Å². The number of hydrogen-bond donors (Lipinski definition) is 1. The highest BCUT2D eigenvalue weighted by Crippen LogP contribution is 2.26. The van der Waals surface area contributed by atoms with Crippen molar-refractivity contribution >= 4 is 38.7 Å². The minimum Gasteiger partial charge on any atom is -0.399 e. The van der Waals surface area contributed by atoms with Crippen LogP contribution in [0.25, 0.3) is 0 Å². The Morgan fingerprint density at radius 3 is 2.69 bits per heavy atom. The highest BCUT2D eigenvalue weighted by Gasteiger charge is 2.15. The molecule has 1 aromatic heterocycles. The van der Waals surface area contributed by atoms with Gasteiger partial charge in [0.05, 0.1) is 4.88 Å². The van der Waals surface area contributed by atoms with Crippen LogP contribution in [0, 0.1) is 6.92 Å². The van der Waals surface area contributed by atoms with Gasteiger partial charge in [0.15, 0.2) is 0 Å². The molecule has 2 rings (SSSR count). The van der Waals surface area contributed by atoms with Crippen molar-refractivity contribution in [2.24, 2.45) is 0 Å². The lowest BCUT2D eigenvalue weighted by Crippen LogP contribution is -2.02. The maximum absolute atomic E-state index is 12.2. The first-order valence-corrected chi connectivity index (χ1v) is 6.40. The van der Waals surface area contributed by atoms with E-state index in [1.54, 1.807) is 18.2 Å². The van der Waals surface area contributed by atoms with Gasteiger partial charge in [0, 0.05) is 15.7 Å². The fourth-order valence-electron chi connectivity index (χ4n) is 1.44. The fourth-order valence-corrected chi connectivity index (χ4v) is 2.90. The van der Waals surface area contributed by atoms with Crippen LogP contribution in [0.15, 0.2) is 34.1 Å². The molecule has 0 aliphatic heterocycles. The van der Waals surface area contributed by atoms with E-state index in [9.17, 15) is 4.79 Å². The minimum atomic E-state index is 0.0411. The Balaban J connectivity index is 2.46. The quantitative estimate of drug-likeness (QED) is 0.679. The number of hydrogen-bond acceptors (Lipinski definition) is 3. The summed E-state index contributed by atoms with van der Waals surface area (Å²) >= 11 is 4.83. The van der Waals surface area contributed by atoms with Crippen LogP contribution in [0.4, 0.5) is 5.69 Å². The molecule has 0 atom stereocenters. The maximum atomic E-state index is 12.2. The van der Waals surface area contributed by atoms with Crippen LogP contribution >= 0.6 is 27.3 Å². The Morgan fingerprint density at radius 2 is 2.12 bits per heavy atom. The summed E-state index contributed by atoms with van der Waals surface area (Å²) in [5.74, 6) is 0.0411. The van der Waals surface area contributed by atoms with Crippen LogP contribution in [0.5, 0.6) is 0 Å². The molecule has 0 amide bonds. The van der Waals surface area contributed by atoms with Gasteiger partial charge in [0.25, 0.3) is 0 Å². The SMILES string of the molecule is Cc1ccsc1C(=O)c1ccc(N)cc1Br. The third-order valence-corrected chi connectivity index (χ3v) is 3.98. The average Bonchev–Trinajstić information content (AvgIpc) is 2.63. The van der Waals surface area contributed by atoms with Gasteiger partial charge in [-0.15, -0.1) is 11.3 Å². The van der Waals surface area contributed by atoms with E-state index in [1.165, 1.54) is 11.3 Å². The summed E-state index contributed by atoms with van der Waals surface area (Å²) in [6.45, 7) is 1.94. The smallest absolute Gasteiger partial charge is 0.204 e. The van der Waals surface area contributed by atoms with Crippen molar-refractivity contribution in [2.45, 2.75) is 6.92 Å². The highest BCUT2D eigenvalue weighted by molar-refractivity contribution is 9.10. The number of carbonyl (C=O) groups excluding carboxylic acids is 1. The Morgan fingerprint density at radius 1 is 1.38 bits per heavy atom. The van der Waals surface area contributed by atoms with Crippen LogP contribution in [0.2, 0.25) is 0 Å². The number of nitrogens with two attached hydrogens (primary N) is 1. The van der Waals surface area contributed by atoms with E-state index in [4.69, 9.17) is 5.73 Å². The molecule has 82 valence electrons. The van der Waals surface area contributed by atoms with Gasteiger partial charge in [-0.3, -0.25) is 4.79 Å². The molecule has 2 nitrogen and oxygen atoms in total. The summed E-state index contributed by atoms with van der Waals surface area (Å²) in [5, 5.41) is 1.92. The monoisotopic (exact) mass is 295 g/mol. The van der Waals surface area contributed by atoms with E-state index in [2.05, 4.69) is 15.9 Å². The average molecular weight is 296 g/mol. The first kappa shape index (κ1) is 11.4. The number of rotatable bonds is 2. The number of benzene rings is 1. The summed E-state index contributed by atoms with van der Waals surface area (Å²) in [6, 6.07) is 7.18. The van der Waals surface area contributed by atoms with E-state index in [1.807, 2.05) is 18.4 Å². The lowest BCUT2D eigenvalue weighted by molar-refractivity contribution is 0.104. The van der Waals surface area contributed by atoms with E-state index >= 15 is 0 Å². The minimum absolute atomic E-state index is 0.0411. The molecule has 0 bridgehead atoms. The van der Waals surface area contributed by atoms with Crippen molar-refractivity contribution < 1.29 is 4.79 Å². The molecule has 0 saturated carbocycles. The van der Waals surface area contributed by atoms with E-state index < -0.39 is 0 Å². The van der Waals surface area contributed by atoms with Crippen molar-refractivity contribution in [2.75, 3.05) is 5.73 Å². The number of ketones is 1. The van der Waals surface area contributed by atoms with Crippen LogP contribution in [-0.2, 0) is 0 Å². The number of thiophene rings is 1. The first-order valence-electron chi connectivity index (χ1n) is 4.73. The van der Waals surface area contributed by atoms with Gasteiger partial charge in [-0.05, 0) is 58.1 Å². The van der Waals surface area contributed by atoms with E-state index in [0.717, 1.165) is 14.9 Å². The summed E-state index contributed by atoms with van der Waals surface area (Å²) in [4.78, 5) is 13.0. The number of carbonyl (C=O) groups is 1. The van der Waals surface area contributed by atoms with Crippen LogP contribution < -0.4 is 5.73 Å². The predicted octanol–water partition coefficient (Wildman–Crippen LogP) is 3.63. The Bertz CT molecular complexity index is 548. The maximum Gasteiger partial charge on any atom is 0.204 e. The number of anilines is 1. The second-order valence-corrected chi connectivity index (χ2v) is 5.27. The number of aryl methyl sites for hydroxylation is 1. The van der Waals surface area contributed by atoms with Gasteiger partial charge in [0.2, 0.25) is 5.78 Å². The van der Waals surface area contributed by atoms with Crippen molar-refractivity contribution in [3.05, 3.63) is 50.1 Å². The van der Waals surface area contributed by atoms with Crippen LogP contribution in [-0.4, -0.2) is 5.78 Å². The molecule has 16 heavy (non-hydrogen) atoms. The molecule has 0 radical (unpaired) electrons. The van der Waals surface area contributed by atoms with Gasteiger partial charge in [-0.1, -0.05) is 0 Å². The number of halogens is 1.